The summed E-state index contributed by atoms with van der Waals surface area (Å²) < 4.78 is 13.4. The van der Waals surface area contributed by atoms with Crippen molar-refractivity contribution >= 4 is 12.6 Å². The van der Waals surface area contributed by atoms with Gasteiger partial charge in [0.1, 0.15) is 5.82 Å². The number of benzene rings is 2. The fourth-order valence-electron chi connectivity index (χ4n) is 2.18. The molecule has 2 aromatic rings. The first-order chi connectivity index (χ1) is 9.54. The largest absolute Gasteiger partial charge is 0.488 e. The summed E-state index contributed by atoms with van der Waals surface area (Å²) in [4.78, 5) is 2.04. The van der Waals surface area contributed by atoms with Gasteiger partial charge < -0.3 is 10.0 Å². The summed E-state index contributed by atoms with van der Waals surface area (Å²) >= 11 is 0. The van der Waals surface area contributed by atoms with Gasteiger partial charge in [0, 0.05) is 13.1 Å². The van der Waals surface area contributed by atoms with Gasteiger partial charge in [-0.05, 0) is 35.8 Å². The lowest BCUT2D eigenvalue weighted by Crippen LogP contribution is -2.31. The molecule has 2 aromatic carbocycles. The first-order valence-electron chi connectivity index (χ1n) is 6.42. The number of hydrogen-bond acceptors (Lipinski definition) is 3. The van der Waals surface area contributed by atoms with Crippen molar-refractivity contribution in [1.82, 2.24) is 4.90 Å². The molecule has 3 nitrogen and oxygen atoms in total. The SMILES string of the molecule is CN(Cc1ccccc1)Cc1cc(F)cc(B(O)O)c1. The third kappa shape index (κ3) is 4.16. The lowest BCUT2D eigenvalue weighted by atomic mass is 9.79. The Morgan fingerprint density at radius 3 is 2.30 bits per heavy atom. The van der Waals surface area contributed by atoms with E-state index in [1.807, 2.05) is 42.3 Å². The zero-order valence-corrected chi connectivity index (χ0v) is 11.3. The summed E-state index contributed by atoms with van der Waals surface area (Å²) in [5.41, 5.74) is 2.06. The molecular formula is C15H17BFNO2. The molecule has 0 amide bonds. The minimum absolute atomic E-state index is 0.174. The fraction of sp³-hybridized carbons (Fsp3) is 0.200. The summed E-state index contributed by atoms with van der Waals surface area (Å²) in [5, 5.41) is 18.2. The highest BCUT2D eigenvalue weighted by Gasteiger charge is 2.13. The standard InChI is InChI=1S/C15H17BFNO2/c1-18(10-12-5-3-2-4-6-12)11-13-7-14(16(19)20)9-15(17)8-13/h2-9,19-20H,10-11H2,1H3. The molecule has 0 bridgehead atoms. The summed E-state index contributed by atoms with van der Waals surface area (Å²) in [6.07, 6.45) is 0. The van der Waals surface area contributed by atoms with Gasteiger partial charge >= 0.3 is 7.12 Å². The average molecular weight is 273 g/mol. The van der Waals surface area contributed by atoms with Crippen LogP contribution in [0.2, 0.25) is 0 Å². The molecule has 0 heterocycles. The van der Waals surface area contributed by atoms with Crippen LogP contribution < -0.4 is 5.46 Å². The van der Waals surface area contributed by atoms with Crippen LogP contribution >= 0.6 is 0 Å². The van der Waals surface area contributed by atoms with E-state index in [1.165, 1.54) is 11.6 Å². The molecule has 0 radical (unpaired) electrons. The normalized spacial score (nSPS) is 10.8. The summed E-state index contributed by atoms with van der Waals surface area (Å²) in [6.45, 7) is 1.28. The predicted molar refractivity (Wildman–Crippen MR) is 77.8 cm³/mol. The fourth-order valence-corrected chi connectivity index (χ4v) is 2.18. The monoisotopic (exact) mass is 273 g/mol. The molecule has 5 heteroatoms. The molecule has 0 aliphatic rings. The molecule has 104 valence electrons. The first kappa shape index (κ1) is 14.7. The van der Waals surface area contributed by atoms with E-state index < -0.39 is 12.9 Å². The zero-order chi connectivity index (χ0) is 14.5. The summed E-state index contributed by atoms with van der Waals surface area (Å²) in [7, 11) is 0.288. The van der Waals surface area contributed by atoms with Crippen LogP contribution in [-0.4, -0.2) is 29.1 Å². The number of rotatable bonds is 5. The van der Waals surface area contributed by atoms with E-state index in [2.05, 4.69) is 0 Å². The number of hydrogen-bond donors (Lipinski definition) is 2. The van der Waals surface area contributed by atoms with Crippen LogP contribution in [0.1, 0.15) is 11.1 Å². The Hall–Kier alpha value is -1.69. The Morgan fingerprint density at radius 1 is 1.00 bits per heavy atom. The van der Waals surface area contributed by atoms with Crippen molar-refractivity contribution in [3.8, 4) is 0 Å². The van der Waals surface area contributed by atoms with E-state index in [0.717, 1.165) is 12.6 Å². The van der Waals surface area contributed by atoms with Crippen LogP contribution in [0.3, 0.4) is 0 Å². The van der Waals surface area contributed by atoms with Gasteiger partial charge in [0.25, 0.3) is 0 Å². The summed E-state index contributed by atoms with van der Waals surface area (Å²) in [5.74, 6) is -0.460. The quantitative estimate of drug-likeness (QED) is 0.803. The van der Waals surface area contributed by atoms with Crippen molar-refractivity contribution < 1.29 is 14.4 Å². The van der Waals surface area contributed by atoms with Crippen molar-refractivity contribution in [3.63, 3.8) is 0 Å². The third-order valence-corrected chi connectivity index (χ3v) is 3.03. The maximum atomic E-state index is 13.4. The van der Waals surface area contributed by atoms with Gasteiger partial charge in [-0.2, -0.15) is 0 Å². The predicted octanol–water partition coefficient (Wildman–Crippen LogP) is 1.14. The van der Waals surface area contributed by atoms with Crippen LogP contribution in [0.25, 0.3) is 0 Å². The van der Waals surface area contributed by atoms with Crippen molar-refractivity contribution in [1.29, 1.82) is 0 Å². The third-order valence-electron chi connectivity index (χ3n) is 3.03. The molecule has 0 fully saturated rings. The lowest BCUT2D eigenvalue weighted by Gasteiger charge is -2.17. The lowest BCUT2D eigenvalue weighted by molar-refractivity contribution is 0.318. The molecule has 0 saturated carbocycles. The molecule has 0 saturated heterocycles. The number of nitrogens with zero attached hydrogens (tertiary/aromatic N) is 1. The average Bonchev–Trinajstić information content (AvgIpc) is 2.38. The van der Waals surface area contributed by atoms with Gasteiger partial charge in [-0.25, -0.2) is 4.39 Å². The molecule has 0 aliphatic carbocycles. The van der Waals surface area contributed by atoms with E-state index in [0.29, 0.717) is 12.1 Å². The maximum absolute atomic E-state index is 13.4. The minimum Gasteiger partial charge on any atom is -0.423 e. The highest BCUT2D eigenvalue weighted by Crippen LogP contribution is 2.09. The second-order valence-corrected chi connectivity index (χ2v) is 4.92. The van der Waals surface area contributed by atoms with Gasteiger partial charge in [0.15, 0.2) is 0 Å². The van der Waals surface area contributed by atoms with Crippen molar-refractivity contribution in [2.24, 2.45) is 0 Å². The van der Waals surface area contributed by atoms with Crippen molar-refractivity contribution in [2.75, 3.05) is 7.05 Å². The van der Waals surface area contributed by atoms with Crippen LogP contribution in [0.4, 0.5) is 4.39 Å². The molecular weight excluding hydrogens is 256 g/mol. The Morgan fingerprint density at radius 2 is 1.65 bits per heavy atom. The van der Waals surface area contributed by atoms with E-state index in [-0.39, 0.29) is 5.46 Å². The molecule has 20 heavy (non-hydrogen) atoms. The molecule has 2 N–H and O–H groups in total. The molecule has 0 spiro atoms. The highest BCUT2D eigenvalue weighted by atomic mass is 19.1. The Kier molecular flexibility index (Phi) is 4.90. The van der Waals surface area contributed by atoms with Crippen molar-refractivity contribution in [3.05, 3.63) is 65.5 Å². The Labute approximate surface area is 118 Å². The Bertz CT molecular complexity index is 563. The van der Waals surface area contributed by atoms with E-state index >= 15 is 0 Å². The van der Waals surface area contributed by atoms with Gasteiger partial charge in [0.05, 0.1) is 0 Å². The maximum Gasteiger partial charge on any atom is 0.488 e. The second-order valence-electron chi connectivity index (χ2n) is 4.92. The van der Waals surface area contributed by atoms with E-state index in [1.54, 1.807) is 6.07 Å². The van der Waals surface area contributed by atoms with Gasteiger partial charge in [0.2, 0.25) is 0 Å². The summed E-state index contributed by atoms with van der Waals surface area (Å²) in [6, 6.07) is 14.1. The van der Waals surface area contributed by atoms with Gasteiger partial charge in [-0.15, -0.1) is 0 Å². The van der Waals surface area contributed by atoms with Crippen LogP contribution in [-0.2, 0) is 13.1 Å². The first-order valence-corrected chi connectivity index (χ1v) is 6.42. The van der Waals surface area contributed by atoms with Crippen molar-refractivity contribution in [2.45, 2.75) is 13.1 Å². The molecule has 0 aliphatic heterocycles. The zero-order valence-electron chi connectivity index (χ0n) is 11.3. The van der Waals surface area contributed by atoms with Crippen LogP contribution in [0, 0.1) is 5.82 Å². The molecule has 0 aromatic heterocycles. The topological polar surface area (TPSA) is 43.7 Å². The van der Waals surface area contributed by atoms with Gasteiger partial charge in [-0.1, -0.05) is 36.4 Å². The molecule has 2 rings (SSSR count). The smallest absolute Gasteiger partial charge is 0.423 e. The molecule has 0 atom stereocenters. The van der Waals surface area contributed by atoms with Crippen LogP contribution in [0.5, 0.6) is 0 Å². The van der Waals surface area contributed by atoms with Gasteiger partial charge in [-0.3, -0.25) is 4.90 Å². The minimum atomic E-state index is -1.65. The second kappa shape index (κ2) is 6.66. The molecule has 0 unspecified atom stereocenters. The Balaban J connectivity index is 2.06. The highest BCUT2D eigenvalue weighted by molar-refractivity contribution is 6.58. The number of halogens is 1. The van der Waals surface area contributed by atoms with E-state index in [4.69, 9.17) is 10.0 Å². The van der Waals surface area contributed by atoms with E-state index in [9.17, 15) is 4.39 Å². The van der Waals surface area contributed by atoms with Crippen LogP contribution in [0.15, 0.2) is 48.5 Å².